The van der Waals surface area contributed by atoms with Crippen molar-refractivity contribution in [1.82, 2.24) is 14.8 Å². The van der Waals surface area contributed by atoms with Crippen molar-refractivity contribution < 1.29 is 0 Å². The third-order valence-corrected chi connectivity index (χ3v) is 3.57. The minimum absolute atomic E-state index is 0.264. The summed E-state index contributed by atoms with van der Waals surface area (Å²) in [6.45, 7) is 0.730. The molecule has 88 valence electrons. The molecule has 1 N–H and O–H groups in total. The van der Waals surface area contributed by atoms with Gasteiger partial charge in [0, 0.05) is 31.9 Å². The summed E-state index contributed by atoms with van der Waals surface area (Å²) in [5.74, 6) is 0. The normalized spacial score (nSPS) is 10.2. The first kappa shape index (κ1) is 11.9. The molecule has 2 heterocycles. The average Bonchev–Trinajstić information content (AvgIpc) is 2.86. The third kappa shape index (κ3) is 2.75. The molecule has 0 aliphatic carbocycles. The highest BCUT2D eigenvalue weighted by atomic mass is 35.5. The summed E-state index contributed by atoms with van der Waals surface area (Å²) < 4.78 is 1.83. The maximum atomic E-state index is 8.74. The molecule has 0 radical (unpaired) electrons. The van der Waals surface area contributed by atoms with E-state index in [4.69, 9.17) is 16.9 Å². The van der Waals surface area contributed by atoms with E-state index in [1.165, 1.54) is 11.3 Å². The van der Waals surface area contributed by atoms with Crippen molar-refractivity contribution in [2.45, 2.75) is 6.42 Å². The molecule has 2 rings (SSSR count). The maximum Gasteiger partial charge on any atom is 0.185 e. The van der Waals surface area contributed by atoms with E-state index in [9.17, 15) is 0 Å². The minimum atomic E-state index is 0.264. The van der Waals surface area contributed by atoms with E-state index in [2.05, 4.69) is 15.4 Å². The van der Waals surface area contributed by atoms with Crippen molar-refractivity contribution in [3.63, 3.8) is 0 Å². The number of nitriles is 1. The number of aromatic nitrogens is 3. The molecule has 0 aliphatic heterocycles. The van der Waals surface area contributed by atoms with Crippen LogP contribution in [0.4, 0.5) is 5.13 Å². The molecule has 0 fully saturated rings. The molecular weight excluding hydrogens is 258 g/mol. The van der Waals surface area contributed by atoms with Crippen LogP contribution in [-0.2, 0) is 13.5 Å². The van der Waals surface area contributed by atoms with Gasteiger partial charge in [-0.05, 0) is 6.07 Å². The van der Waals surface area contributed by atoms with Gasteiger partial charge >= 0.3 is 0 Å². The van der Waals surface area contributed by atoms with Crippen molar-refractivity contribution in [2.75, 3.05) is 11.9 Å². The van der Waals surface area contributed by atoms with Crippen molar-refractivity contribution >= 4 is 28.1 Å². The summed E-state index contributed by atoms with van der Waals surface area (Å²) >= 11 is 7.03. The fourth-order valence-corrected chi connectivity index (χ4v) is 2.36. The van der Waals surface area contributed by atoms with Crippen molar-refractivity contribution in [3.05, 3.63) is 28.0 Å². The van der Waals surface area contributed by atoms with Gasteiger partial charge in [-0.25, -0.2) is 4.98 Å². The van der Waals surface area contributed by atoms with Crippen LogP contribution in [0.5, 0.6) is 0 Å². The van der Waals surface area contributed by atoms with Crippen LogP contribution in [0.1, 0.15) is 10.6 Å². The summed E-state index contributed by atoms with van der Waals surface area (Å²) in [7, 11) is 1.91. The van der Waals surface area contributed by atoms with Crippen LogP contribution in [0, 0.1) is 11.3 Å². The summed E-state index contributed by atoms with van der Waals surface area (Å²) in [6.07, 6.45) is 2.61. The van der Waals surface area contributed by atoms with E-state index < -0.39 is 0 Å². The van der Waals surface area contributed by atoms with Crippen LogP contribution in [0.3, 0.4) is 0 Å². The van der Waals surface area contributed by atoms with Crippen molar-refractivity contribution in [2.24, 2.45) is 7.05 Å². The lowest BCUT2D eigenvalue weighted by Crippen LogP contribution is -2.07. The Morgan fingerprint density at radius 1 is 1.65 bits per heavy atom. The fourth-order valence-electron chi connectivity index (χ4n) is 1.39. The Morgan fingerprint density at radius 2 is 2.47 bits per heavy atom. The highest BCUT2D eigenvalue weighted by molar-refractivity contribution is 7.16. The molecular formula is C10H10ClN5S. The zero-order valence-corrected chi connectivity index (χ0v) is 10.7. The summed E-state index contributed by atoms with van der Waals surface area (Å²) in [5, 5.41) is 16.9. The van der Waals surface area contributed by atoms with Gasteiger partial charge < -0.3 is 5.32 Å². The Hall–Kier alpha value is -1.58. The average molecular weight is 268 g/mol. The second-order valence-electron chi connectivity index (χ2n) is 3.37. The number of nitrogens with zero attached hydrogens (tertiary/aromatic N) is 4. The van der Waals surface area contributed by atoms with Gasteiger partial charge in [0.1, 0.15) is 10.9 Å². The fraction of sp³-hybridized carbons (Fsp3) is 0.300. The van der Waals surface area contributed by atoms with E-state index in [1.54, 1.807) is 6.20 Å². The second kappa shape index (κ2) is 5.17. The van der Waals surface area contributed by atoms with Gasteiger partial charge in [-0.1, -0.05) is 22.9 Å². The highest BCUT2D eigenvalue weighted by Gasteiger charge is 2.08. The second-order valence-corrected chi connectivity index (χ2v) is 4.73. The molecule has 0 amide bonds. The van der Waals surface area contributed by atoms with Gasteiger partial charge in [-0.3, -0.25) is 4.68 Å². The van der Waals surface area contributed by atoms with E-state index in [1.807, 2.05) is 23.9 Å². The third-order valence-electron chi connectivity index (χ3n) is 2.27. The van der Waals surface area contributed by atoms with E-state index in [0.717, 1.165) is 18.7 Å². The van der Waals surface area contributed by atoms with Crippen LogP contribution >= 0.6 is 22.9 Å². The maximum absolute atomic E-state index is 8.74. The Morgan fingerprint density at radius 3 is 3.06 bits per heavy atom. The lowest BCUT2D eigenvalue weighted by molar-refractivity contribution is 0.711. The lowest BCUT2D eigenvalue weighted by Gasteiger charge is -2.02. The lowest BCUT2D eigenvalue weighted by atomic mass is 10.3. The van der Waals surface area contributed by atoms with E-state index in [0.29, 0.717) is 10.0 Å². The first-order valence-corrected chi connectivity index (χ1v) is 6.17. The van der Waals surface area contributed by atoms with Crippen molar-refractivity contribution in [3.8, 4) is 6.07 Å². The Kier molecular flexibility index (Phi) is 3.61. The number of halogens is 1. The zero-order valence-electron chi connectivity index (χ0n) is 9.14. The molecule has 0 spiro atoms. The molecule has 7 heteroatoms. The predicted molar refractivity (Wildman–Crippen MR) is 67.2 cm³/mol. The van der Waals surface area contributed by atoms with Crippen LogP contribution in [0.2, 0.25) is 5.15 Å². The molecule has 0 unspecified atom stereocenters. The van der Waals surface area contributed by atoms with E-state index in [-0.39, 0.29) is 5.15 Å². The quantitative estimate of drug-likeness (QED) is 0.921. The summed E-state index contributed by atoms with van der Waals surface area (Å²) in [6, 6.07) is 3.97. The SMILES string of the molecule is Cn1nccc1CCNc1nc(Cl)c(C#N)s1. The molecule has 2 aromatic heterocycles. The first-order chi connectivity index (χ1) is 8.20. The van der Waals surface area contributed by atoms with E-state index >= 15 is 0 Å². The largest absolute Gasteiger partial charge is 0.361 e. The van der Waals surface area contributed by atoms with Crippen LogP contribution in [0.15, 0.2) is 12.3 Å². The highest BCUT2D eigenvalue weighted by Crippen LogP contribution is 2.25. The molecule has 0 bridgehead atoms. The number of rotatable bonds is 4. The summed E-state index contributed by atoms with van der Waals surface area (Å²) in [4.78, 5) is 4.49. The van der Waals surface area contributed by atoms with Gasteiger partial charge in [0.2, 0.25) is 0 Å². The number of aryl methyl sites for hydroxylation is 1. The first-order valence-electron chi connectivity index (χ1n) is 4.98. The molecule has 0 saturated carbocycles. The minimum Gasteiger partial charge on any atom is -0.361 e. The molecule has 2 aromatic rings. The van der Waals surface area contributed by atoms with Crippen LogP contribution < -0.4 is 5.32 Å². The molecule has 0 saturated heterocycles. The monoisotopic (exact) mass is 267 g/mol. The summed E-state index contributed by atoms with van der Waals surface area (Å²) in [5.41, 5.74) is 1.14. The number of hydrogen-bond donors (Lipinski definition) is 1. The van der Waals surface area contributed by atoms with Gasteiger partial charge in [-0.15, -0.1) is 0 Å². The van der Waals surface area contributed by atoms with Crippen LogP contribution in [-0.4, -0.2) is 21.3 Å². The Balaban J connectivity index is 1.90. The Labute approximate surface area is 108 Å². The number of thiazole rings is 1. The molecule has 5 nitrogen and oxygen atoms in total. The number of hydrogen-bond acceptors (Lipinski definition) is 5. The van der Waals surface area contributed by atoms with Gasteiger partial charge in [0.25, 0.3) is 0 Å². The standard InChI is InChI=1S/C10H10ClN5S/c1-16-7(3-5-14-16)2-4-13-10-15-9(11)8(6-12)17-10/h3,5H,2,4H2,1H3,(H,13,15). The Bertz CT molecular complexity index is 553. The zero-order chi connectivity index (χ0) is 12.3. The molecule has 0 atom stereocenters. The van der Waals surface area contributed by atoms with Crippen molar-refractivity contribution in [1.29, 1.82) is 5.26 Å². The molecule has 0 aromatic carbocycles. The molecule has 17 heavy (non-hydrogen) atoms. The van der Waals surface area contributed by atoms with Crippen LogP contribution in [0.25, 0.3) is 0 Å². The molecule has 0 aliphatic rings. The van der Waals surface area contributed by atoms with Gasteiger partial charge in [-0.2, -0.15) is 10.4 Å². The number of nitrogens with one attached hydrogen (secondary N) is 1. The predicted octanol–water partition coefficient (Wildman–Crippen LogP) is 2.06. The topological polar surface area (TPSA) is 66.5 Å². The van der Waals surface area contributed by atoms with Gasteiger partial charge in [0.05, 0.1) is 0 Å². The smallest absolute Gasteiger partial charge is 0.185 e. The van der Waals surface area contributed by atoms with Gasteiger partial charge in [0.15, 0.2) is 10.3 Å². The number of anilines is 1.